The predicted molar refractivity (Wildman–Crippen MR) is 126 cm³/mol. The number of unbranched alkanes of at least 4 members (excludes halogenated alkanes) is 6. The quantitative estimate of drug-likeness (QED) is 0.243. The Morgan fingerprint density at radius 1 is 0.786 bits per heavy atom. The maximum absolute atomic E-state index is 11.3. The minimum Gasteiger partial charge on any atom is -0.351 e. The first-order chi connectivity index (χ1) is 12.9. The number of hydrogen-bond acceptors (Lipinski definition) is 3. The van der Waals surface area contributed by atoms with Gasteiger partial charge in [0.2, 0.25) is 5.91 Å². The van der Waals surface area contributed by atoms with Crippen molar-refractivity contribution in [3.8, 4) is 0 Å². The summed E-state index contributed by atoms with van der Waals surface area (Å²) in [6, 6.07) is -0.814. The molecule has 0 spiro atoms. The maximum Gasteiger partial charge on any atom is 0.318 e. The standard InChI is InChI=1S/C9H20.C7H13BrN2O2.C6H12.H3N/c1-3-5-7-9-8-6-4-2;1-3-7(8,4-2)5(11)10-6(9)12;1-2-4-6-5-3-1;/h3-9H2,1-2H3;3-4H2,1-2H3,(H3,9,10,11,12);1-6H2;1H3. The fraction of sp³-hybridized carbons (Fsp3) is 0.909. The molecule has 0 aromatic heterocycles. The number of alkyl halides is 1. The lowest BCUT2D eigenvalue weighted by atomic mass is 10.0. The highest BCUT2D eigenvalue weighted by molar-refractivity contribution is 9.10. The van der Waals surface area contributed by atoms with Crippen LogP contribution in [0, 0.1) is 0 Å². The van der Waals surface area contributed by atoms with Gasteiger partial charge in [-0.2, -0.15) is 0 Å². The van der Waals surface area contributed by atoms with E-state index in [4.69, 9.17) is 5.73 Å². The molecule has 1 aliphatic rings. The SMILES string of the molecule is C1CCCCC1.CCC(Br)(CC)C(=O)NC(N)=O.CCCCCCCCC.N. The summed E-state index contributed by atoms with van der Waals surface area (Å²) in [5.74, 6) is -0.375. The molecule has 0 bridgehead atoms. The summed E-state index contributed by atoms with van der Waals surface area (Å²) >= 11 is 3.26. The van der Waals surface area contributed by atoms with Gasteiger partial charge in [-0.1, -0.05) is 127 Å². The second-order valence-corrected chi connectivity index (χ2v) is 8.90. The Morgan fingerprint density at radius 2 is 1.11 bits per heavy atom. The summed E-state index contributed by atoms with van der Waals surface area (Å²) < 4.78 is -0.665. The highest BCUT2D eigenvalue weighted by atomic mass is 79.9. The van der Waals surface area contributed by atoms with E-state index < -0.39 is 10.4 Å². The highest BCUT2D eigenvalue weighted by Gasteiger charge is 2.32. The molecule has 0 radical (unpaired) electrons. The minimum absolute atomic E-state index is 0. The van der Waals surface area contributed by atoms with Crippen LogP contribution in [0.2, 0.25) is 0 Å². The maximum atomic E-state index is 11.3. The molecule has 28 heavy (non-hydrogen) atoms. The van der Waals surface area contributed by atoms with Gasteiger partial charge in [-0.05, 0) is 12.8 Å². The normalized spacial score (nSPS) is 13.0. The number of hydrogen-bond donors (Lipinski definition) is 3. The van der Waals surface area contributed by atoms with Gasteiger partial charge in [0.05, 0.1) is 0 Å². The Labute approximate surface area is 183 Å². The van der Waals surface area contributed by atoms with E-state index in [0.717, 1.165) is 0 Å². The third-order valence-corrected chi connectivity index (χ3v) is 6.45. The van der Waals surface area contributed by atoms with Crippen LogP contribution in [0.1, 0.15) is 124 Å². The van der Waals surface area contributed by atoms with Crippen LogP contribution in [0.25, 0.3) is 0 Å². The van der Waals surface area contributed by atoms with Gasteiger partial charge in [0, 0.05) is 0 Å². The van der Waals surface area contributed by atoms with Crippen LogP contribution in [-0.2, 0) is 4.79 Å². The van der Waals surface area contributed by atoms with Crippen LogP contribution < -0.4 is 17.2 Å². The third-order valence-electron chi connectivity index (χ3n) is 4.97. The summed E-state index contributed by atoms with van der Waals surface area (Å²) in [6.45, 7) is 8.25. The number of carbonyl (C=O) groups is 2. The van der Waals surface area contributed by atoms with Crippen LogP contribution in [-0.4, -0.2) is 16.3 Å². The van der Waals surface area contributed by atoms with E-state index in [9.17, 15) is 9.59 Å². The molecule has 0 aromatic carbocycles. The van der Waals surface area contributed by atoms with E-state index in [2.05, 4.69) is 29.8 Å². The topological polar surface area (TPSA) is 107 Å². The molecule has 1 rings (SSSR count). The number of nitrogens with two attached hydrogens (primary N) is 1. The van der Waals surface area contributed by atoms with Crippen LogP contribution in [0.15, 0.2) is 0 Å². The monoisotopic (exact) mass is 465 g/mol. The van der Waals surface area contributed by atoms with Crippen molar-refractivity contribution >= 4 is 27.9 Å². The smallest absolute Gasteiger partial charge is 0.318 e. The Bertz CT molecular complexity index is 340. The number of carbonyl (C=O) groups excluding carboxylic acids is 2. The van der Waals surface area contributed by atoms with Crippen molar-refractivity contribution in [2.24, 2.45) is 5.73 Å². The van der Waals surface area contributed by atoms with Crippen LogP contribution in [0.3, 0.4) is 0 Å². The van der Waals surface area contributed by atoms with Gasteiger partial charge in [-0.25, -0.2) is 4.79 Å². The van der Waals surface area contributed by atoms with Crippen molar-refractivity contribution in [1.82, 2.24) is 11.5 Å². The molecule has 1 fully saturated rings. The van der Waals surface area contributed by atoms with Gasteiger partial charge in [0.1, 0.15) is 4.32 Å². The highest BCUT2D eigenvalue weighted by Crippen LogP contribution is 2.26. The fourth-order valence-corrected chi connectivity index (χ4v) is 2.99. The Morgan fingerprint density at radius 3 is 1.36 bits per heavy atom. The predicted octanol–water partition coefficient (Wildman–Crippen LogP) is 7.39. The molecule has 1 aliphatic carbocycles. The van der Waals surface area contributed by atoms with Gasteiger partial charge in [0.25, 0.3) is 0 Å². The molecular weight excluding hydrogens is 418 g/mol. The fourth-order valence-electron chi connectivity index (χ4n) is 2.89. The summed E-state index contributed by atoms with van der Waals surface area (Å²) in [4.78, 5) is 21.6. The van der Waals surface area contributed by atoms with Crippen molar-refractivity contribution in [2.75, 3.05) is 0 Å². The van der Waals surface area contributed by atoms with Crippen LogP contribution in [0.4, 0.5) is 4.79 Å². The van der Waals surface area contributed by atoms with Crippen molar-refractivity contribution in [3.63, 3.8) is 0 Å². The number of nitrogens with one attached hydrogen (secondary N) is 1. The molecule has 0 aromatic rings. The van der Waals surface area contributed by atoms with Crippen molar-refractivity contribution < 1.29 is 9.59 Å². The first-order valence-electron chi connectivity index (χ1n) is 11.2. The Kier molecular flexibility index (Phi) is 26.0. The number of primary amides is 1. The largest absolute Gasteiger partial charge is 0.351 e. The van der Waals surface area contributed by atoms with E-state index in [-0.39, 0.29) is 12.1 Å². The van der Waals surface area contributed by atoms with Crippen molar-refractivity contribution in [2.45, 2.75) is 128 Å². The molecule has 0 atom stereocenters. The number of halogens is 1. The average molecular weight is 467 g/mol. The molecule has 0 heterocycles. The van der Waals surface area contributed by atoms with Gasteiger partial charge < -0.3 is 11.9 Å². The van der Waals surface area contributed by atoms with E-state index in [1.165, 1.54) is 83.5 Å². The van der Waals surface area contributed by atoms with Crippen molar-refractivity contribution in [3.05, 3.63) is 0 Å². The molecule has 5 nitrogen and oxygen atoms in total. The van der Waals surface area contributed by atoms with Crippen molar-refractivity contribution in [1.29, 1.82) is 0 Å². The molecule has 3 amide bonds. The lowest BCUT2D eigenvalue weighted by Gasteiger charge is -2.21. The average Bonchev–Trinajstić information content (AvgIpc) is 2.69. The zero-order valence-electron chi connectivity index (χ0n) is 19.1. The number of amides is 3. The second kappa shape index (κ2) is 22.7. The van der Waals surface area contributed by atoms with Gasteiger partial charge in [-0.3, -0.25) is 10.1 Å². The Hall–Kier alpha value is -0.620. The third kappa shape index (κ3) is 20.1. The molecular formula is C22H48BrN3O2. The second-order valence-electron chi connectivity index (χ2n) is 7.38. The summed E-state index contributed by atoms with van der Waals surface area (Å²) in [5.41, 5.74) is 4.81. The summed E-state index contributed by atoms with van der Waals surface area (Å²) in [6.07, 6.45) is 20.2. The molecule has 0 unspecified atom stereocenters. The van der Waals surface area contributed by atoms with E-state index >= 15 is 0 Å². The molecule has 0 aliphatic heterocycles. The Balaban J connectivity index is -0.000000345. The molecule has 0 saturated heterocycles. The van der Waals surface area contributed by atoms with Gasteiger partial charge in [-0.15, -0.1) is 0 Å². The first kappa shape index (κ1) is 32.1. The van der Waals surface area contributed by atoms with Gasteiger partial charge >= 0.3 is 6.03 Å². The van der Waals surface area contributed by atoms with E-state index in [1.807, 2.05) is 19.2 Å². The lowest BCUT2D eigenvalue weighted by Crippen LogP contribution is -2.46. The molecule has 170 valence electrons. The number of imide groups is 1. The van der Waals surface area contributed by atoms with Crippen LogP contribution in [0.5, 0.6) is 0 Å². The van der Waals surface area contributed by atoms with Gasteiger partial charge in [0.15, 0.2) is 0 Å². The molecule has 1 saturated carbocycles. The van der Waals surface area contributed by atoms with E-state index in [1.54, 1.807) is 0 Å². The number of rotatable bonds is 9. The summed E-state index contributed by atoms with van der Waals surface area (Å²) in [7, 11) is 0. The zero-order chi connectivity index (χ0) is 21.0. The lowest BCUT2D eigenvalue weighted by molar-refractivity contribution is -0.122. The molecule has 6 heteroatoms. The van der Waals surface area contributed by atoms with Crippen LogP contribution >= 0.6 is 15.9 Å². The minimum atomic E-state index is -0.814. The zero-order valence-corrected chi connectivity index (χ0v) is 20.7. The number of urea groups is 1. The summed E-state index contributed by atoms with van der Waals surface area (Å²) in [5, 5.41) is 2.04. The first-order valence-corrected chi connectivity index (χ1v) is 12.0. The molecule has 6 N–H and O–H groups in total. The van der Waals surface area contributed by atoms with E-state index in [0.29, 0.717) is 12.8 Å².